The van der Waals surface area contributed by atoms with Crippen LogP contribution in [0.1, 0.15) is 37.7 Å². The molecule has 0 heterocycles. The van der Waals surface area contributed by atoms with Gasteiger partial charge >= 0.3 is 0 Å². The van der Waals surface area contributed by atoms with Crippen molar-refractivity contribution in [3.05, 3.63) is 29.8 Å². The maximum Gasteiger partial charge on any atom is 0.264 e. The molecule has 1 saturated carbocycles. The molecule has 0 aromatic heterocycles. The number of hydrogen-bond acceptors (Lipinski definition) is 3. The lowest BCUT2D eigenvalue weighted by molar-refractivity contribution is -0.120. The molecule has 1 N–H and O–H groups in total. The fraction of sp³-hybridized carbons (Fsp3) is 0.500. The number of carbonyl (C=O) groups is 1. The Morgan fingerprint density at radius 1 is 1.26 bits per heavy atom. The van der Waals surface area contributed by atoms with Gasteiger partial charge in [0.1, 0.15) is 0 Å². The molecule has 2 rings (SSSR count). The summed E-state index contributed by atoms with van der Waals surface area (Å²) >= 11 is 0. The highest BCUT2D eigenvalue weighted by atomic mass is 32.2. The van der Waals surface area contributed by atoms with Crippen LogP contribution in [0.3, 0.4) is 0 Å². The van der Waals surface area contributed by atoms with Crippen LogP contribution < -0.4 is 4.72 Å². The SMILES string of the molecule is Cc1ccccc1S(=O)(=O)NC(=O)CC1CCCC1. The number of aryl methyl sites for hydroxylation is 1. The van der Waals surface area contributed by atoms with Crippen molar-refractivity contribution in [3.8, 4) is 0 Å². The maximum atomic E-state index is 12.1. The number of carbonyl (C=O) groups excluding carboxylic acids is 1. The van der Waals surface area contributed by atoms with E-state index in [1.165, 1.54) is 6.07 Å². The van der Waals surface area contributed by atoms with Gasteiger partial charge in [-0.15, -0.1) is 0 Å². The smallest absolute Gasteiger partial charge is 0.264 e. The van der Waals surface area contributed by atoms with Gasteiger partial charge in [0.05, 0.1) is 4.90 Å². The Balaban J connectivity index is 2.05. The first-order valence-corrected chi connectivity index (χ1v) is 8.08. The fourth-order valence-corrected chi connectivity index (χ4v) is 3.82. The van der Waals surface area contributed by atoms with Crippen LogP contribution in [0.15, 0.2) is 29.2 Å². The Morgan fingerprint density at radius 3 is 2.53 bits per heavy atom. The number of hydrogen-bond donors (Lipinski definition) is 1. The summed E-state index contributed by atoms with van der Waals surface area (Å²) in [5, 5.41) is 0. The van der Waals surface area contributed by atoms with Crippen molar-refractivity contribution in [2.75, 3.05) is 0 Å². The molecule has 0 unspecified atom stereocenters. The van der Waals surface area contributed by atoms with Gasteiger partial charge < -0.3 is 0 Å². The summed E-state index contributed by atoms with van der Waals surface area (Å²) in [6, 6.07) is 6.66. The molecule has 1 aliphatic rings. The van der Waals surface area contributed by atoms with Crippen molar-refractivity contribution in [2.24, 2.45) is 5.92 Å². The lowest BCUT2D eigenvalue weighted by Gasteiger charge is -2.11. The third-order valence-electron chi connectivity index (χ3n) is 3.58. The maximum absolute atomic E-state index is 12.1. The van der Waals surface area contributed by atoms with E-state index in [4.69, 9.17) is 0 Å². The van der Waals surface area contributed by atoms with Gasteiger partial charge in [-0.2, -0.15) is 0 Å². The predicted octanol–water partition coefficient (Wildman–Crippen LogP) is 2.38. The molecule has 1 aliphatic carbocycles. The first-order chi connectivity index (χ1) is 8.99. The Labute approximate surface area is 114 Å². The van der Waals surface area contributed by atoms with E-state index in [-0.39, 0.29) is 4.90 Å². The fourth-order valence-electron chi connectivity index (χ4n) is 2.58. The lowest BCUT2D eigenvalue weighted by atomic mass is 10.0. The number of amides is 1. The molecule has 0 aliphatic heterocycles. The molecule has 104 valence electrons. The average Bonchev–Trinajstić information content (AvgIpc) is 2.81. The van der Waals surface area contributed by atoms with Gasteiger partial charge in [-0.3, -0.25) is 4.79 Å². The quantitative estimate of drug-likeness (QED) is 0.921. The van der Waals surface area contributed by atoms with E-state index >= 15 is 0 Å². The van der Waals surface area contributed by atoms with Crippen LogP contribution in [0.5, 0.6) is 0 Å². The summed E-state index contributed by atoms with van der Waals surface area (Å²) in [5.41, 5.74) is 0.642. The predicted molar refractivity (Wildman–Crippen MR) is 73.1 cm³/mol. The molecule has 1 aromatic rings. The third kappa shape index (κ3) is 3.56. The normalized spacial score (nSPS) is 16.5. The van der Waals surface area contributed by atoms with E-state index in [0.717, 1.165) is 25.7 Å². The van der Waals surface area contributed by atoms with E-state index < -0.39 is 15.9 Å². The van der Waals surface area contributed by atoms with Crippen molar-refractivity contribution in [1.82, 2.24) is 4.72 Å². The number of rotatable bonds is 4. The Kier molecular flexibility index (Phi) is 4.24. The zero-order chi connectivity index (χ0) is 13.9. The minimum atomic E-state index is -3.73. The van der Waals surface area contributed by atoms with Crippen molar-refractivity contribution in [3.63, 3.8) is 0 Å². The Bertz CT molecular complexity index is 560. The molecule has 1 fully saturated rings. The molecule has 0 bridgehead atoms. The second-order valence-electron chi connectivity index (χ2n) is 5.15. The van der Waals surface area contributed by atoms with Gasteiger partial charge in [-0.25, -0.2) is 13.1 Å². The molecule has 0 radical (unpaired) electrons. The van der Waals surface area contributed by atoms with Crippen LogP contribution in [0.4, 0.5) is 0 Å². The molecule has 1 amide bonds. The van der Waals surface area contributed by atoms with E-state index in [1.807, 2.05) is 0 Å². The van der Waals surface area contributed by atoms with Crippen LogP contribution in [-0.4, -0.2) is 14.3 Å². The van der Waals surface area contributed by atoms with Crippen LogP contribution in [0.2, 0.25) is 0 Å². The molecule has 4 nitrogen and oxygen atoms in total. The first kappa shape index (κ1) is 14.1. The minimum absolute atomic E-state index is 0.176. The number of nitrogens with one attached hydrogen (secondary N) is 1. The molecule has 1 aromatic carbocycles. The van der Waals surface area contributed by atoms with Crippen LogP contribution in [-0.2, 0) is 14.8 Å². The number of benzene rings is 1. The van der Waals surface area contributed by atoms with Crippen molar-refractivity contribution < 1.29 is 13.2 Å². The summed E-state index contributed by atoms with van der Waals surface area (Å²) in [6.45, 7) is 1.72. The van der Waals surface area contributed by atoms with Crippen LogP contribution in [0.25, 0.3) is 0 Å². The van der Waals surface area contributed by atoms with E-state index in [9.17, 15) is 13.2 Å². The minimum Gasteiger partial charge on any atom is -0.274 e. The molecule has 0 spiro atoms. The van der Waals surface area contributed by atoms with Gasteiger partial charge in [-0.05, 0) is 37.3 Å². The molecule has 19 heavy (non-hydrogen) atoms. The van der Waals surface area contributed by atoms with Crippen LogP contribution in [0, 0.1) is 12.8 Å². The lowest BCUT2D eigenvalue weighted by Crippen LogP contribution is -2.32. The number of sulfonamides is 1. The topological polar surface area (TPSA) is 63.2 Å². The molecular weight excluding hydrogens is 262 g/mol. The largest absolute Gasteiger partial charge is 0.274 e. The summed E-state index contributed by atoms with van der Waals surface area (Å²) in [7, 11) is -3.73. The molecular formula is C14H19NO3S. The van der Waals surface area contributed by atoms with Gasteiger partial charge in [0.25, 0.3) is 10.0 Å². The summed E-state index contributed by atoms with van der Waals surface area (Å²) < 4.78 is 26.4. The highest BCUT2D eigenvalue weighted by Gasteiger charge is 2.23. The summed E-state index contributed by atoms with van der Waals surface area (Å²) in [6.07, 6.45) is 4.64. The van der Waals surface area contributed by atoms with Gasteiger partial charge in [0.15, 0.2) is 0 Å². The van der Waals surface area contributed by atoms with Crippen molar-refractivity contribution in [1.29, 1.82) is 0 Å². The van der Waals surface area contributed by atoms with Crippen molar-refractivity contribution in [2.45, 2.75) is 43.9 Å². The third-order valence-corrected chi connectivity index (χ3v) is 5.11. The highest BCUT2D eigenvalue weighted by Crippen LogP contribution is 2.27. The molecule has 0 saturated heterocycles. The summed E-state index contributed by atoms with van der Waals surface area (Å²) in [5.74, 6) is -0.0535. The second kappa shape index (κ2) is 5.74. The van der Waals surface area contributed by atoms with E-state index in [0.29, 0.717) is 17.9 Å². The molecule has 5 heteroatoms. The zero-order valence-corrected chi connectivity index (χ0v) is 11.9. The second-order valence-corrected chi connectivity index (χ2v) is 6.80. The Hall–Kier alpha value is -1.36. The zero-order valence-electron chi connectivity index (χ0n) is 11.1. The van der Waals surface area contributed by atoms with Gasteiger partial charge in [0.2, 0.25) is 5.91 Å². The van der Waals surface area contributed by atoms with Crippen LogP contribution >= 0.6 is 0 Å². The van der Waals surface area contributed by atoms with E-state index in [2.05, 4.69) is 4.72 Å². The Morgan fingerprint density at radius 2 is 1.89 bits per heavy atom. The van der Waals surface area contributed by atoms with E-state index in [1.54, 1.807) is 25.1 Å². The monoisotopic (exact) mass is 281 g/mol. The summed E-state index contributed by atoms with van der Waals surface area (Å²) in [4.78, 5) is 12.0. The average molecular weight is 281 g/mol. The van der Waals surface area contributed by atoms with Gasteiger partial charge in [-0.1, -0.05) is 31.0 Å². The van der Waals surface area contributed by atoms with Gasteiger partial charge in [0, 0.05) is 6.42 Å². The molecule has 0 atom stereocenters. The highest BCUT2D eigenvalue weighted by molar-refractivity contribution is 7.90. The first-order valence-electron chi connectivity index (χ1n) is 6.60. The standard InChI is InChI=1S/C14H19NO3S/c1-11-6-2-5-9-13(11)19(17,18)15-14(16)10-12-7-3-4-8-12/h2,5-6,9,12H,3-4,7-8,10H2,1H3,(H,15,16). The van der Waals surface area contributed by atoms with Crippen molar-refractivity contribution >= 4 is 15.9 Å².